The zero-order valence-electron chi connectivity index (χ0n) is 11.3. The molecule has 0 heterocycles. The predicted octanol–water partition coefficient (Wildman–Crippen LogP) is 3.60. The van der Waals surface area contributed by atoms with Gasteiger partial charge in [0.15, 0.2) is 11.6 Å². The van der Waals surface area contributed by atoms with E-state index in [0.29, 0.717) is 11.4 Å². The molecule has 1 atom stereocenters. The van der Waals surface area contributed by atoms with Crippen LogP contribution in [0.15, 0.2) is 42.5 Å². The molecule has 0 fully saturated rings. The Morgan fingerprint density at radius 2 is 1.70 bits per heavy atom. The highest BCUT2D eigenvalue weighted by molar-refractivity contribution is 6.30. The molecule has 20 heavy (non-hydrogen) atoms. The van der Waals surface area contributed by atoms with Crippen LogP contribution in [0.25, 0.3) is 0 Å². The fourth-order valence-electron chi connectivity index (χ4n) is 2.14. The quantitative estimate of drug-likeness (QED) is 0.914. The van der Waals surface area contributed by atoms with Gasteiger partial charge in [0.2, 0.25) is 0 Å². The first-order valence-electron chi connectivity index (χ1n) is 6.41. The van der Waals surface area contributed by atoms with E-state index in [4.69, 9.17) is 22.1 Å². The Morgan fingerprint density at radius 1 is 1.10 bits per heavy atom. The van der Waals surface area contributed by atoms with Crippen molar-refractivity contribution in [1.29, 1.82) is 0 Å². The fourth-order valence-corrected chi connectivity index (χ4v) is 2.26. The van der Waals surface area contributed by atoms with E-state index in [9.17, 15) is 4.39 Å². The minimum Gasteiger partial charge on any atom is -0.494 e. The van der Waals surface area contributed by atoms with Gasteiger partial charge >= 0.3 is 0 Å². The summed E-state index contributed by atoms with van der Waals surface area (Å²) >= 11 is 5.84. The number of rotatable bonds is 5. The van der Waals surface area contributed by atoms with Gasteiger partial charge in [0.1, 0.15) is 0 Å². The van der Waals surface area contributed by atoms with Gasteiger partial charge in [0, 0.05) is 11.1 Å². The highest BCUT2D eigenvalue weighted by Gasteiger charge is 2.08. The first-order chi connectivity index (χ1) is 9.58. The van der Waals surface area contributed by atoms with Crippen LogP contribution in [-0.4, -0.2) is 13.2 Å². The molecule has 106 valence electrons. The number of halogens is 2. The summed E-state index contributed by atoms with van der Waals surface area (Å²) in [4.78, 5) is 0. The van der Waals surface area contributed by atoms with Crippen LogP contribution in [0.2, 0.25) is 5.02 Å². The van der Waals surface area contributed by atoms with Crippen molar-refractivity contribution < 1.29 is 9.13 Å². The largest absolute Gasteiger partial charge is 0.494 e. The third kappa shape index (κ3) is 3.95. The molecule has 0 amide bonds. The van der Waals surface area contributed by atoms with E-state index in [1.54, 1.807) is 6.07 Å². The molecule has 0 saturated carbocycles. The van der Waals surface area contributed by atoms with Gasteiger partial charge in [0.05, 0.1) is 7.11 Å². The molecule has 0 aliphatic rings. The second-order valence-electron chi connectivity index (χ2n) is 4.76. The molecule has 0 aliphatic heterocycles. The molecule has 0 aliphatic carbocycles. The van der Waals surface area contributed by atoms with E-state index in [1.165, 1.54) is 13.2 Å². The molecule has 0 radical (unpaired) electrons. The molecule has 2 aromatic rings. The SMILES string of the molecule is COc1ccc(CC(N)Cc2ccc(Cl)cc2)cc1F. The maximum absolute atomic E-state index is 13.6. The van der Waals surface area contributed by atoms with Crippen molar-refractivity contribution in [3.05, 3.63) is 64.4 Å². The summed E-state index contributed by atoms with van der Waals surface area (Å²) in [6, 6.07) is 12.5. The molecule has 2 aromatic carbocycles. The molecule has 2 N–H and O–H groups in total. The van der Waals surface area contributed by atoms with Crippen LogP contribution >= 0.6 is 11.6 Å². The Labute approximate surface area is 123 Å². The maximum Gasteiger partial charge on any atom is 0.165 e. The van der Waals surface area contributed by atoms with E-state index in [0.717, 1.165) is 17.5 Å². The molecular formula is C16H17ClFNO. The van der Waals surface area contributed by atoms with Crippen LogP contribution in [0, 0.1) is 5.82 Å². The summed E-state index contributed by atoms with van der Waals surface area (Å²) in [5.41, 5.74) is 8.10. The third-order valence-corrected chi connectivity index (χ3v) is 3.38. The molecular weight excluding hydrogens is 277 g/mol. The van der Waals surface area contributed by atoms with Gasteiger partial charge < -0.3 is 10.5 Å². The lowest BCUT2D eigenvalue weighted by Crippen LogP contribution is -2.25. The van der Waals surface area contributed by atoms with Gasteiger partial charge in [-0.15, -0.1) is 0 Å². The maximum atomic E-state index is 13.6. The number of nitrogens with two attached hydrogens (primary N) is 1. The van der Waals surface area contributed by atoms with E-state index in [2.05, 4.69) is 0 Å². The first-order valence-corrected chi connectivity index (χ1v) is 6.78. The van der Waals surface area contributed by atoms with Gasteiger partial charge in [-0.3, -0.25) is 0 Å². The van der Waals surface area contributed by atoms with E-state index in [-0.39, 0.29) is 17.6 Å². The molecule has 1 unspecified atom stereocenters. The van der Waals surface area contributed by atoms with Crippen molar-refractivity contribution in [3.8, 4) is 5.75 Å². The number of hydrogen-bond acceptors (Lipinski definition) is 2. The van der Waals surface area contributed by atoms with Crippen LogP contribution in [0.1, 0.15) is 11.1 Å². The van der Waals surface area contributed by atoms with Gasteiger partial charge in [-0.05, 0) is 48.2 Å². The topological polar surface area (TPSA) is 35.2 Å². The smallest absolute Gasteiger partial charge is 0.165 e. The first kappa shape index (κ1) is 14.8. The van der Waals surface area contributed by atoms with Crippen molar-refractivity contribution in [2.24, 2.45) is 5.73 Å². The van der Waals surface area contributed by atoms with Crippen molar-refractivity contribution in [3.63, 3.8) is 0 Å². The van der Waals surface area contributed by atoms with Crippen molar-refractivity contribution in [1.82, 2.24) is 0 Å². The number of methoxy groups -OCH3 is 1. The zero-order chi connectivity index (χ0) is 14.5. The number of hydrogen-bond donors (Lipinski definition) is 1. The summed E-state index contributed by atoms with van der Waals surface area (Å²) < 4.78 is 18.5. The second-order valence-corrected chi connectivity index (χ2v) is 5.20. The molecule has 4 heteroatoms. The average molecular weight is 294 g/mol. The van der Waals surface area contributed by atoms with Crippen LogP contribution in [-0.2, 0) is 12.8 Å². The number of ether oxygens (including phenoxy) is 1. The Bertz CT molecular complexity index is 571. The highest BCUT2D eigenvalue weighted by Crippen LogP contribution is 2.19. The summed E-state index contributed by atoms with van der Waals surface area (Å²) in [5.74, 6) is -0.108. The van der Waals surface area contributed by atoms with Crippen LogP contribution in [0.4, 0.5) is 4.39 Å². The summed E-state index contributed by atoms with van der Waals surface area (Å²) in [5, 5.41) is 0.708. The summed E-state index contributed by atoms with van der Waals surface area (Å²) in [6.07, 6.45) is 1.34. The van der Waals surface area contributed by atoms with Crippen molar-refractivity contribution >= 4 is 11.6 Å². The Morgan fingerprint density at radius 3 is 2.30 bits per heavy atom. The Balaban J connectivity index is 1.99. The Hall–Kier alpha value is -1.58. The Kier molecular flexibility index (Phi) is 4.99. The molecule has 2 rings (SSSR count). The molecule has 0 saturated heterocycles. The van der Waals surface area contributed by atoms with Crippen LogP contribution in [0.5, 0.6) is 5.75 Å². The van der Waals surface area contributed by atoms with E-state index < -0.39 is 0 Å². The third-order valence-electron chi connectivity index (χ3n) is 3.13. The lowest BCUT2D eigenvalue weighted by atomic mass is 9.99. The normalized spacial score (nSPS) is 12.2. The summed E-state index contributed by atoms with van der Waals surface area (Å²) in [6.45, 7) is 0. The highest BCUT2D eigenvalue weighted by atomic mass is 35.5. The monoisotopic (exact) mass is 293 g/mol. The fraction of sp³-hybridized carbons (Fsp3) is 0.250. The summed E-state index contributed by atoms with van der Waals surface area (Å²) in [7, 11) is 1.45. The van der Waals surface area contributed by atoms with E-state index in [1.807, 2.05) is 30.3 Å². The van der Waals surface area contributed by atoms with Crippen molar-refractivity contribution in [2.75, 3.05) is 7.11 Å². The van der Waals surface area contributed by atoms with Gasteiger partial charge in [-0.1, -0.05) is 29.8 Å². The minimum atomic E-state index is -0.358. The van der Waals surface area contributed by atoms with E-state index >= 15 is 0 Å². The van der Waals surface area contributed by atoms with Gasteiger partial charge in [-0.2, -0.15) is 0 Å². The predicted molar refractivity (Wildman–Crippen MR) is 79.8 cm³/mol. The van der Waals surface area contributed by atoms with Gasteiger partial charge in [0.25, 0.3) is 0 Å². The number of benzene rings is 2. The van der Waals surface area contributed by atoms with Crippen molar-refractivity contribution in [2.45, 2.75) is 18.9 Å². The minimum absolute atomic E-state index is 0.0658. The lowest BCUT2D eigenvalue weighted by molar-refractivity contribution is 0.386. The molecule has 0 bridgehead atoms. The zero-order valence-corrected chi connectivity index (χ0v) is 12.0. The lowest BCUT2D eigenvalue weighted by Gasteiger charge is -2.12. The van der Waals surface area contributed by atoms with Gasteiger partial charge in [-0.25, -0.2) is 4.39 Å². The second kappa shape index (κ2) is 6.73. The molecule has 0 spiro atoms. The average Bonchev–Trinajstić information content (AvgIpc) is 2.41. The molecule has 2 nitrogen and oxygen atoms in total. The van der Waals surface area contributed by atoms with Crippen LogP contribution < -0.4 is 10.5 Å². The molecule has 0 aromatic heterocycles. The van der Waals surface area contributed by atoms with Crippen LogP contribution in [0.3, 0.4) is 0 Å². The standard InChI is InChI=1S/C16H17ClFNO/c1-20-16-7-4-12(10-15(16)18)9-14(19)8-11-2-5-13(17)6-3-11/h2-7,10,14H,8-9,19H2,1H3.